The first-order chi connectivity index (χ1) is 8.11. The van der Waals surface area contributed by atoms with E-state index in [0.717, 1.165) is 18.6 Å². The Morgan fingerprint density at radius 1 is 1.41 bits per heavy atom. The van der Waals surface area contributed by atoms with Crippen molar-refractivity contribution >= 4 is 0 Å². The average Bonchev–Trinajstić information content (AvgIpc) is 2.74. The topological polar surface area (TPSA) is 32.7 Å². The van der Waals surface area contributed by atoms with Gasteiger partial charge < -0.3 is 9.84 Å². The molecule has 3 nitrogen and oxygen atoms in total. The van der Waals surface area contributed by atoms with Gasteiger partial charge in [0.1, 0.15) is 5.75 Å². The molecule has 0 amide bonds. The zero-order valence-electron chi connectivity index (χ0n) is 10.8. The van der Waals surface area contributed by atoms with E-state index in [1.165, 1.54) is 0 Å². The molecule has 2 rings (SSSR count). The predicted octanol–water partition coefficient (Wildman–Crippen LogP) is 2.56. The monoisotopic (exact) mass is 235 g/mol. The number of rotatable bonds is 3. The molecule has 1 aromatic rings. The molecule has 17 heavy (non-hydrogen) atoms. The van der Waals surface area contributed by atoms with Gasteiger partial charge in [-0.05, 0) is 33.4 Å². The Bertz CT molecular complexity index is 380. The van der Waals surface area contributed by atoms with E-state index in [4.69, 9.17) is 4.74 Å². The summed E-state index contributed by atoms with van der Waals surface area (Å²) >= 11 is 0. The Labute approximate surface area is 103 Å². The van der Waals surface area contributed by atoms with E-state index in [0.29, 0.717) is 11.8 Å². The van der Waals surface area contributed by atoms with Crippen molar-refractivity contribution in [2.24, 2.45) is 0 Å². The lowest BCUT2D eigenvalue weighted by molar-refractivity contribution is 0.0699. The summed E-state index contributed by atoms with van der Waals surface area (Å²) < 4.78 is 5.60. The van der Waals surface area contributed by atoms with Gasteiger partial charge in [0.15, 0.2) is 0 Å². The Hall–Kier alpha value is -1.06. The van der Waals surface area contributed by atoms with E-state index in [1.54, 1.807) is 6.07 Å². The fourth-order valence-corrected chi connectivity index (χ4v) is 2.60. The lowest BCUT2D eigenvalue weighted by atomic mass is 10.0. The van der Waals surface area contributed by atoms with Crippen LogP contribution < -0.4 is 0 Å². The molecule has 0 bridgehead atoms. The molecule has 3 atom stereocenters. The van der Waals surface area contributed by atoms with Crippen LogP contribution in [0.3, 0.4) is 0 Å². The van der Waals surface area contributed by atoms with Gasteiger partial charge in [-0.25, -0.2) is 0 Å². The normalized spacial score (nSPS) is 26.4. The Balaban J connectivity index is 2.14. The summed E-state index contributed by atoms with van der Waals surface area (Å²) in [4.78, 5) is 2.30. The first-order valence-electron chi connectivity index (χ1n) is 6.22. The second-order valence-corrected chi connectivity index (χ2v) is 4.83. The Morgan fingerprint density at radius 2 is 2.12 bits per heavy atom. The number of phenols is 1. The minimum atomic E-state index is 0.199. The van der Waals surface area contributed by atoms with Crippen molar-refractivity contribution in [1.29, 1.82) is 0 Å². The molecule has 1 N–H and O–H groups in total. The molecule has 3 heteroatoms. The third-order valence-electron chi connectivity index (χ3n) is 3.86. The van der Waals surface area contributed by atoms with Crippen LogP contribution in [-0.2, 0) is 4.74 Å². The molecule has 1 aliphatic rings. The van der Waals surface area contributed by atoms with E-state index in [9.17, 15) is 5.11 Å². The molecule has 0 aromatic heterocycles. The molecule has 0 saturated carbocycles. The fraction of sp³-hybridized carbons (Fsp3) is 0.571. The Kier molecular flexibility index (Phi) is 3.69. The van der Waals surface area contributed by atoms with E-state index >= 15 is 0 Å². The van der Waals surface area contributed by atoms with Crippen LogP contribution in [-0.4, -0.2) is 35.8 Å². The number of para-hydroxylation sites is 1. The van der Waals surface area contributed by atoms with Gasteiger partial charge in [0, 0.05) is 24.3 Å². The highest BCUT2D eigenvalue weighted by Gasteiger charge is 2.31. The zero-order valence-corrected chi connectivity index (χ0v) is 10.8. The minimum Gasteiger partial charge on any atom is -0.508 e. The summed E-state index contributed by atoms with van der Waals surface area (Å²) in [5, 5.41) is 9.88. The number of benzene rings is 1. The van der Waals surface area contributed by atoms with Gasteiger partial charge in [0.2, 0.25) is 0 Å². The van der Waals surface area contributed by atoms with Crippen molar-refractivity contribution in [3.8, 4) is 5.75 Å². The molecule has 1 fully saturated rings. The van der Waals surface area contributed by atoms with Crippen molar-refractivity contribution in [2.75, 3.05) is 13.7 Å². The molecule has 0 radical (unpaired) electrons. The average molecular weight is 235 g/mol. The van der Waals surface area contributed by atoms with Crippen molar-refractivity contribution in [3.63, 3.8) is 0 Å². The van der Waals surface area contributed by atoms with Crippen LogP contribution in [0.5, 0.6) is 5.75 Å². The van der Waals surface area contributed by atoms with E-state index < -0.39 is 0 Å². The first kappa shape index (κ1) is 12.4. The molecule has 0 aliphatic carbocycles. The van der Waals surface area contributed by atoms with Crippen LogP contribution in [0.4, 0.5) is 0 Å². The smallest absolute Gasteiger partial charge is 0.120 e. The van der Waals surface area contributed by atoms with Gasteiger partial charge in [0.05, 0.1) is 6.10 Å². The minimum absolute atomic E-state index is 0.199. The highest BCUT2D eigenvalue weighted by atomic mass is 16.5. The first-order valence-corrected chi connectivity index (χ1v) is 6.22. The summed E-state index contributed by atoms with van der Waals surface area (Å²) in [6.07, 6.45) is 1.34. The third kappa shape index (κ3) is 2.45. The fourth-order valence-electron chi connectivity index (χ4n) is 2.60. The zero-order chi connectivity index (χ0) is 12.4. The molecule has 3 unspecified atom stereocenters. The summed E-state index contributed by atoms with van der Waals surface area (Å²) in [5.74, 6) is 0.374. The molecule has 1 saturated heterocycles. The second kappa shape index (κ2) is 5.07. The van der Waals surface area contributed by atoms with Crippen LogP contribution in [0.25, 0.3) is 0 Å². The van der Waals surface area contributed by atoms with Gasteiger partial charge in [-0.3, -0.25) is 4.90 Å². The highest BCUT2D eigenvalue weighted by Crippen LogP contribution is 2.31. The molecule has 1 heterocycles. The van der Waals surface area contributed by atoms with Crippen LogP contribution in [0.15, 0.2) is 24.3 Å². The van der Waals surface area contributed by atoms with Gasteiger partial charge in [-0.15, -0.1) is 0 Å². The summed E-state index contributed by atoms with van der Waals surface area (Å²) in [7, 11) is 2.10. The van der Waals surface area contributed by atoms with Crippen molar-refractivity contribution in [1.82, 2.24) is 4.90 Å². The van der Waals surface area contributed by atoms with Gasteiger partial charge in [0.25, 0.3) is 0 Å². The number of ether oxygens (including phenoxy) is 1. The maximum absolute atomic E-state index is 9.88. The van der Waals surface area contributed by atoms with E-state index in [1.807, 2.05) is 18.2 Å². The lowest BCUT2D eigenvalue weighted by Gasteiger charge is -2.32. The van der Waals surface area contributed by atoms with E-state index in [-0.39, 0.29) is 12.1 Å². The van der Waals surface area contributed by atoms with Gasteiger partial charge in [-0.2, -0.15) is 0 Å². The third-order valence-corrected chi connectivity index (χ3v) is 3.86. The molecule has 1 aliphatic heterocycles. The summed E-state index contributed by atoms with van der Waals surface area (Å²) in [6, 6.07) is 8.18. The second-order valence-electron chi connectivity index (χ2n) is 4.83. The summed E-state index contributed by atoms with van der Waals surface area (Å²) in [6.45, 7) is 5.08. The van der Waals surface area contributed by atoms with Crippen molar-refractivity contribution in [2.45, 2.75) is 38.5 Å². The van der Waals surface area contributed by atoms with E-state index in [2.05, 4.69) is 25.8 Å². The van der Waals surface area contributed by atoms with Crippen molar-refractivity contribution < 1.29 is 9.84 Å². The molecule has 1 aromatic carbocycles. The van der Waals surface area contributed by atoms with Crippen molar-refractivity contribution in [3.05, 3.63) is 29.8 Å². The molecule has 0 spiro atoms. The Morgan fingerprint density at radius 3 is 2.71 bits per heavy atom. The van der Waals surface area contributed by atoms with Crippen LogP contribution >= 0.6 is 0 Å². The maximum Gasteiger partial charge on any atom is 0.120 e. The SMILES string of the molecule is CC1OCCC1N(C)C(C)c1ccccc1O. The number of aromatic hydroxyl groups is 1. The van der Waals surface area contributed by atoms with Crippen LogP contribution in [0.2, 0.25) is 0 Å². The lowest BCUT2D eigenvalue weighted by Crippen LogP contribution is -2.38. The molecule has 94 valence electrons. The van der Waals surface area contributed by atoms with Crippen LogP contribution in [0.1, 0.15) is 31.9 Å². The quantitative estimate of drug-likeness (QED) is 0.874. The number of likely N-dealkylation sites (N-methyl/N-ethyl adjacent to an activating group) is 1. The maximum atomic E-state index is 9.88. The number of hydrogen-bond acceptors (Lipinski definition) is 3. The number of nitrogens with zero attached hydrogens (tertiary/aromatic N) is 1. The van der Waals surface area contributed by atoms with Crippen LogP contribution in [0, 0.1) is 0 Å². The molecular weight excluding hydrogens is 214 g/mol. The number of phenolic OH excluding ortho intramolecular Hbond substituents is 1. The molecular formula is C14H21NO2. The van der Waals surface area contributed by atoms with Gasteiger partial charge >= 0.3 is 0 Å². The predicted molar refractivity (Wildman–Crippen MR) is 68.1 cm³/mol. The standard InChI is InChI=1S/C14H21NO2/c1-10(12-6-4-5-7-14(12)16)15(3)13-8-9-17-11(13)2/h4-7,10-11,13,16H,8-9H2,1-3H3. The largest absolute Gasteiger partial charge is 0.508 e. The van der Waals surface area contributed by atoms with Gasteiger partial charge in [-0.1, -0.05) is 18.2 Å². The summed E-state index contributed by atoms with van der Waals surface area (Å²) in [5.41, 5.74) is 0.981. The highest BCUT2D eigenvalue weighted by molar-refractivity contribution is 5.34. The number of hydrogen-bond donors (Lipinski definition) is 1.